The predicted octanol–water partition coefficient (Wildman–Crippen LogP) is 5.24. The molecule has 0 bridgehead atoms. The fourth-order valence-electron chi connectivity index (χ4n) is 1.69. The molecule has 0 aliphatic rings. The molecular weight excluding hydrogens is 208 g/mol. The van der Waals surface area contributed by atoms with Gasteiger partial charge in [-0.1, -0.05) is 41.5 Å². The van der Waals surface area contributed by atoms with Crippen LogP contribution in [0.3, 0.4) is 0 Å². The molecule has 1 heterocycles. The van der Waals surface area contributed by atoms with Gasteiger partial charge in [-0.15, -0.1) is 0 Å². The molecule has 0 aliphatic carbocycles. The van der Waals surface area contributed by atoms with E-state index >= 15 is 0 Å². The monoisotopic (exact) mass is 236 g/mol. The Morgan fingerprint density at radius 2 is 1.12 bits per heavy atom. The second-order valence-electron chi connectivity index (χ2n) is 7.49. The van der Waals surface area contributed by atoms with Gasteiger partial charge in [-0.25, -0.2) is 0 Å². The van der Waals surface area contributed by atoms with Gasteiger partial charge in [0.25, 0.3) is 0 Å². The second-order valence-corrected chi connectivity index (χ2v) is 7.49. The zero-order valence-electron chi connectivity index (χ0n) is 12.4. The van der Waals surface area contributed by atoms with Crippen molar-refractivity contribution >= 4 is 0 Å². The average molecular weight is 236 g/mol. The Morgan fingerprint density at radius 1 is 0.765 bits per heavy atom. The van der Waals surface area contributed by atoms with Crippen LogP contribution in [-0.4, -0.2) is 0 Å². The minimum Gasteiger partial charge on any atom is -0.466 e. The topological polar surface area (TPSA) is 13.1 Å². The Labute approximate surface area is 107 Å². The van der Waals surface area contributed by atoms with Crippen LogP contribution in [0.4, 0.5) is 0 Å². The lowest BCUT2D eigenvalue weighted by Crippen LogP contribution is -2.06. The van der Waals surface area contributed by atoms with Gasteiger partial charge < -0.3 is 4.42 Å². The van der Waals surface area contributed by atoms with Crippen LogP contribution in [-0.2, 0) is 12.8 Å². The first kappa shape index (κ1) is 14.3. The molecule has 1 heteroatoms. The van der Waals surface area contributed by atoms with Gasteiger partial charge in [-0.2, -0.15) is 0 Å². The molecule has 0 saturated carbocycles. The Balaban J connectivity index is 2.43. The second kappa shape index (κ2) is 5.29. The summed E-state index contributed by atoms with van der Waals surface area (Å²) in [4.78, 5) is 0. The molecule has 17 heavy (non-hydrogen) atoms. The molecule has 1 aromatic heterocycles. The molecule has 0 aromatic carbocycles. The normalized spacial score (nSPS) is 13.1. The summed E-state index contributed by atoms with van der Waals surface area (Å²) in [6, 6.07) is 4.29. The van der Waals surface area contributed by atoms with Gasteiger partial charge in [0.15, 0.2) is 0 Å². The van der Waals surface area contributed by atoms with Gasteiger partial charge in [-0.3, -0.25) is 0 Å². The summed E-state index contributed by atoms with van der Waals surface area (Å²) >= 11 is 0. The van der Waals surface area contributed by atoms with E-state index in [1.165, 1.54) is 12.8 Å². The summed E-state index contributed by atoms with van der Waals surface area (Å²) in [6.07, 6.45) is 4.47. The number of aryl methyl sites for hydroxylation is 2. The fourth-order valence-corrected chi connectivity index (χ4v) is 1.69. The van der Waals surface area contributed by atoms with E-state index in [-0.39, 0.29) is 0 Å². The summed E-state index contributed by atoms with van der Waals surface area (Å²) in [5.74, 6) is 2.28. The molecule has 0 radical (unpaired) electrons. The van der Waals surface area contributed by atoms with Crippen LogP contribution < -0.4 is 0 Å². The van der Waals surface area contributed by atoms with E-state index in [0.29, 0.717) is 10.8 Å². The number of hydrogen-bond donors (Lipinski definition) is 0. The number of hydrogen-bond acceptors (Lipinski definition) is 1. The SMILES string of the molecule is CC(C)(C)CCc1ccc(CCC(C)(C)C)o1. The Bertz CT molecular complexity index is 301. The van der Waals surface area contributed by atoms with E-state index in [2.05, 4.69) is 53.7 Å². The molecule has 0 aliphatic heterocycles. The van der Waals surface area contributed by atoms with Gasteiger partial charge in [0.2, 0.25) is 0 Å². The Kier molecular flexibility index (Phi) is 4.46. The van der Waals surface area contributed by atoms with Gasteiger partial charge in [0.05, 0.1) is 0 Å². The number of furan rings is 1. The molecule has 0 amide bonds. The molecule has 0 saturated heterocycles. The van der Waals surface area contributed by atoms with Gasteiger partial charge in [0, 0.05) is 12.8 Å². The summed E-state index contributed by atoms with van der Waals surface area (Å²) in [5.41, 5.74) is 0.775. The van der Waals surface area contributed by atoms with Crippen LogP contribution >= 0.6 is 0 Å². The standard InChI is InChI=1S/C16H28O/c1-15(2,3)11-9-13-7-8-14(17-13)10-12-16(4,5)6/h7-8H,9-12H2,1-6H3. The van der Waals surface area contributed by atoms with Gasteiger partial charge in [-0.05, 0) is 35.8 Å². The molecule has 0 N–H and O–H groups in total. The Morgan fingerprint density at radius 3 is 1.41 bits per heavy atom. The smallest absolute Gasteiger partial charge is 0.104 e. The van der Waals surface area contributed by atoms with Crippen LogP contribution in [0, 0.1) is 10.8 Å². The van der Waals surface area contributed by atoms with Crippen LogP contribution in [0.15, 0.2) is 16.5 Å². The third-order valence-corrected chi connectivity index (χ3v) is 2.96. The van der Waals surface area contributed by atoms with Crippen molar-refractivity contribution in [1.29, 1.82) is 0 Å². The first-order valence-electron chi connectivity index (χ1n) is 6.73. The van der Waals surface area contributed by atoms with E-state index in [4.69, 9.17) is 4.42 Å². The lowest BCUT2D eigenvalue weighted by atomic mass is 9.90. The lowest BCUT2D eigenvalue weighted by Gasteiger charge is -2.17. The van der Waals surface area contributed by atoms with Crippen LogP contribution in [0.5, 0.6) is 0 Å². The average Bonchev–Trinajstić information content (AvgIpc) is 2.57. The maximum Gasteiger partial charge on any atom is 0.104 e. The van der Waals surface area contributed by atoms with Crippen LogP contribution in [0.1, 0.15) is 65.9 Å². The zero-order chi connectivity index (χ0) is 13.1. The van der Waals surface area contributed by atoms with Crippen molar-refractivity contribution in [3.63, 3.8) is 0 Å². The van der Waals surface area contributed by atoms with Crippen molar-refractivity contribution < 1.29 is 4.42 Å². The minimum atomic E-state index is 0.387. The third kappa shape index (κ3) is 6.55. The first-order valence-corrected chi connectivity index (χ1v) is 6.73. The zero-order valence-corrected chi connectivity index (χ0v) is 12.4. The fraction of sp³-hybridized carbons (Fsp3) is 0.750. The van der Waals surface area contributed by atoms with Gasteiger partial charge in [0.1, 0.15) is 11.5 Å². The third-order valence-electron chi connectivity index (χ3n) is 2.96. The van der Waals surface area contributed by atoms with E-state index in [9.17, 15) is 0 Å². The summed E-state index contributed by atoms with van der Waals surface area (Å²) in [7, 11) is 0. The van der Waals surface area contributed by atoms with E-state index in [0.717, 1.165) is 24.4 Å². The van der Waals surface area contributed by atoms with Crippen LogP contribution in [0.2, 0.25) is 0 Å². The summed E-state index contributed by atoms with van der Waals surface area (Å²) in [5, 5.41) is 0. The molecule has 0 atom stereocenters. The first-order chi connectivity index (χ1) is 7.66. The molecule has 1 rings (SSSR count). The van der Waals surface area contributed by atoms with Crippen molar-refractivity contribution in [1.82, 2.24) is 0 Å². The number of rotatable bonds is 4. The molecule has 0 fully saturated rings. The summed E-state index contributed by atoms with van der Waals surface area (Å²) in [6.45, 7) is 13.6. The van der Waals surface area contributed by atoms with Crippen LogP contribution in [0.25, 0.3) is 0 Å². The van der Waals surface area contributed by atoms with E-state index in [1.54, 1.807) is 0 Å². The summed E-state index contributed by atoms with van der Waals surface area (Å²) < 4.78 is 5.87. The molecule has 98 valence electrons. The molecule has 0 unspecified atom stereocenters. The van der Waals surface area contributed by atoms with Crippen molar-refractivity contribution in [2.45, 2.75) is 67.2 Å². The highest BCUT2D eigenvalue weighted by molar-refractivity contribution is 5.08. The maximum absolute atomic E-state index is 5.87. The highest BCUT2D eigenvalue weighted by atomic mass is 16.3. The van der Waals surface area contributed by atoms with E-state index < -0.39 is 0 Å². The van der Waals surface area contributed by atoms with Gasteiger partial charge >= 0.3 is 0 Å². The lowest BCUT2D eigenvalue weighted by molar-refractivity contribution is 0.338. The molecule has 0 spiro atoms. The highest BCUT2D eigenvalue weighted by Crippen LogP contribution is 2.24. The van der Waals surface area contributed by atoms with E-state index in [1.807, 2.05) is 0 Å². The molecule has 1 nitrogen and oxygen atoms in total. The van der Waals surface area contributed by atoms with Crippen molar-refractivity contribution in [3.8, 4) is 0 Å². The minimum absolute atomic E-state index is 0.387. The molecular formula is C16H28O. The van der Waals surface area contributed by atoms with Crippen molar-refractivity contribution in [2.75, 3.05) is 0 Å². The highest BCUT2D eigenvalue weighted by Gasteiger charge is 2.14. The maximum atomic E-state index is 5.87. The Hall–Kier alpha value is -0.720. The van der Waals surface area contributed by atoms with Crippen molar-refractivity contribution in [3.05, 3.63) is 23.7 Å². The largest absolute Gasteiger partial charge is 0.466 e. The predicted molar refractivity (Wildman–Crippen MR) is 74.3 cm³/mol. The van der Waals surface area contributed by atoms with Crippen molar-refractivity contribution in [2.24, 2.45) is 10.8 Å². The molecule has 1 aromatic rings. The quantitative estimate of drug-likeness (QED) is 0.697.